The SMILES string of the molecule is CC1(C)CCC(Nc2ccccc2I)C1. The van der Waals surface area contributed by atoms with E-state index in [2.05, 4.69) is 66.0 Å². The molecule has 0 bridgehead atoms. The van der Waals surface area contributed by atoms with Crippen molar-refractivity contribution in [3.05, 3.63) is 27.8 Å². The third-order valence-electron chi connectivity index (χ3n) is 3.20. The van der Waals surface area contributed by atoms with Gasteiger partial charge in [0.25, 0.3) is 0 Å². The van der Waals surface area contributed by atoms with Crippen LogP contribution in [-0.2, 0) is 0 Å². The molecule has 0 spiro atoms. The summed E-state index contributed by atoms with van der Waals surface area (Å²) in [6, 6.07) is 9.18. The van der Waals surface area contributed by atoms with E-state index in [1.54, 1.807) is 0 Å². The molecule has 0 aliphatic heterocycles. The second-order valence-electron chi connectivity index (χ2n) is 5.23. The highest BCUT2D eigenvalue weighted by atomic mass is 127. The highest BCUT2D eigenvalue weighted by molar-refractivity contribution is 14.1. The second-order valence-corrected chi connectivity index (χ2v) is 6.39. The fourth-order valence-corrected chi connectivity index (χ4v) is 2.90. The van der Waals surface area contributed by atoms with Crippen LogP contribution in [0.5, 0.6) is 0 Å². The molecule has 2 rings (SSSR count). The number of para-hydroxylation sites is 1. The second kappa shape index (κ2) is 4.32. The van der Waals surface area contributed by atoms with E-state index in [9.17, 15) is 0 Å². The van der Waals surface area contributed by atoms with Crippen LogP contribution < -0.4 is 5.32 Å². The molecule has 0 saturated heterocycles. The summed E-state index contributed by atoms with van der Waals surface area (Å²) in [5.74, 6) is 0. The molecule has 15 heavy (non-hydrogen) atoms. The maximum Gasteiger partial charge on any atom is 0.0478 e. The van der Waals surface area contributed by atoms with Crippen molar-refractivity contribution in [2.45, 2.75) is 39.2 Å². The number of hydrogen-bond acceptors (Lipinski definition) is 1. The van der Waals surface area contributed by atoms with Crippen LogP contribution in [0.3, 0.4) is 0 Å². The van der Waals surface area contributed by atoms with Gasteiger partial charge in [0, 0.05) is 15.3 Å². The fraction of sp³-hybridized carbons (Fsp3) is 0.538. The third kappa shape index (κ3) is 2.86. The van der Waals surface area contributed by atoms with Gasteiger partial charge in [0.05, 0.1) is 0 Å². The maximum absolute atomic E-state index is 3.66. The van der Waals surface area contributed by atoms with E-state index >= 15 is 0 Å². The summed E-state index contributed by atoms with van der Waals surface area (Å²) in [7, 11) is 0. The van der Waals surface area contributed by atoms with Gasteiger partial charge in [0.1, 0.15) is 0 Å². The van der Waals surface area contributed by atoms with Crippen LogP contribution in [0, 0.1) is 8.99 Å². The Kier molecular flexibility index (Phi) is 3.24. The summed E-state index contributed by atoms with van der Waals surface area (Å²) in [6.07, 6.45) is 3.93. The Labute approximate surface area is 106 Å². The van der Waals surface area contributed by atoms with Crippen molar-refractivity contribution < 1.29 is 0 Å². The van der Waals surface area contributed by atoms with Crippen LogP contribution in [-0.4, -0.2) is 6.04 Å². The molecular weight excluding hydrogens is 297 g/mol. The predicted octanol–water partition coefficient (Wildman–Crippen LogP) is 4.28. The number of benzene rings is 1. The molecule has 0 aromatic heterocycles. The van der Waals surface area contributed by atoms with Crippen LogP contribution in [0.2, 0.25) is 0 Å². The van der Waals surface area contributed by atoms with Crippen molar-refractivity contribution in [2.75, 3.05) is 5.32 Å². The van der Waals surface area contributed by atoms with E-state index in [-0.39, 0.29) is 0 Å². The largest absolute Gasteiger partial charge is 0.381 e. The van der Waals surface area contributed by atoms with Crippen LogP contribution in [0.25, 0.3) is 0 Å². The van der Waals surface area contributed by atoms with Gasteiger partial charge in [-0.25, -0.2) is 0 Å². The zero-order valence-corrected chi connectivity index (χ0v) is 11.5. The standard InChI is InChI=1S/C13H18IN/c1-13(2)8-7-10(9-13)15-12-6-4-3-5-11(12)14/h3-6,10,15H,7-9H2,1-2H3. The lowest BCUT2D eigenvalue weighted by Crippen LogP contribution is -2.18. The summed E-state index contributed by atoms with van der Waals surface area (Å²) in [5, 5.41) is 3.66. The van der Waals surface area contributed by atoms with E-state index in [0.29, 0.717) is 11.5 Å². The molecule has 1 unspecified atom stereocenters. The third-order valence-corrected chi connectivity index (χ3v) is 4.14. The minimum absolute atomic E-state index is 0.526. The van der Waals surface area contributed by atoms with E-state index in [0.717, 1.165) is 0 Å². The lowest BCUT2D eigenvalue weighted by molar-refractivity contribution is 0.378. The Morgan fingerprint density at radius 3 is 2.67 bits per heavy atom. The molecule has 1 aliphatic rings. The Balaban J connectivity index is 2.02. The number of anilines is 1. The predicted molar refractivity (Wildman–Crippen MR) is 74.2 cm³/mol. The van der Waals surface area contributed by atoms with Crippen molar-refractivity contribution in [2.24, 2.45) is 5.41 Å². The molecule has 1 fully saturated rings. The van der Waals surface area contributed by atoms with Crippen molar-refractivity contribution >= 4 is 28.3 Å². The van der Waals surface area contributed by atoms with Crippen molar-refractivity contribution in [3.63, 3.8) is 0 Å². The first-order valence-electron chi connectivity index (χ1n) is 5.58. The zero-order chi connectivity index (χ0) is 10.9. The van der Waals surface area contributed by atoms with Crippen LogP contribution >= 0.6 is 22.6 Å². The summed E-state index contributed by atoms with van der Waals surface area (Å²) < 4.78 is 1.32. The fourth-order valence-electron chi connectivity index (χ4n) is 2.36. The Bertz CT molecular complexity index is 346. The summed E-state index contributed by atoms with van der Waals surface area (Å²) >= 11 is 2.39. The molecule has 1 aromatic rings. The highest BCUT2D eigenvalue weighted by Crippen LogP contribution is 2.38. The molecule has 0 radical (unpaired) electrons. The van der Waals surface area contributed by atoms with Crippen LogP contribution in [0.4, 0.5) is 5.69 Å². The summed E-state index contributed by atoms with van der Waals surface area (Å²) in [6.45, 7) is 4.73. The first kappa shape index (κ1) is 11.2. The van der Waals surface area contributed by atoms with Crippen molar-refractivity contribution in [1.29, 1.82) is 0 Å². The average molecular weight is 315 g/mol. The van der Waals surface area contributed by atoms with E-state index in [4.69, 9.17) is 0 Å². The van der Waals surface area contributed by atoms with Crippen LogP contribution in [0.1, 0.15) is 33.1 Å². The quantitative estimate of drug-likeness (QED) is 0.803. The molecule has 0 amide bonds. The van der Waals surface area contributed by atoms with Crippen molar-refractivity contribution in [3.8, 4) is 0 Å². The van der Waals surface area contributed by atoms with Gasteiger partial charge in [-0.1, -0.05) is 26.0 Å². The minimum Gasteiger partial charge on any atom is -0.381 e. The Morgan fingerprint density at radius 1 is 1.33 bits per heavy atom. The monoisotopic (exact) mass is 315 g/mol. The Hall–Kier alpha value is -0.250. The van der Waals surface area contributed by atoms with Gasteiger partial charge in [-0.15, -0.1) is 0 Å². The number of rotatable bonds is 2. The number of hydrogen-bond donors (Lipinski definition) is 1. The molecule has 1 aromatic carbocycles. The first-order valence-corrected chi connectivity index (χ1v) is 6.66. The van der Waals surface area contributed by atoms with E-state index in [1.165, 1.54) is 28.5 Å². The maximum atomic E-state index is 3.66. The van der Waals surface area contributed by atoms with Gasteiger partial charge in [0.15, 0.2) is 0 Å². The van der Waals surface area contributed by atoms with Crippen LogP contribution in [0.15, 0.2) is 24.3 Å². The Morgan fingerprint density at radius 2 is 2.07 bits per heavy atom. The molecule has 0 heterocycles. The lowest BCUT2D eigenvalue weighted by atomic mass is 9.92. The summed E-state index contributed by atoms with van der Waals surface area (Å²) in [4.78, 5) is 0. The normalized spacial score (nSPS) is 24.1. The highest BCUT2D eigenvalue weighted by Gasteiger charge is 2.30. The molecule has 1 aliphatic carbocycles. The van der Waals surface area contributed by atoms with Crippen molar-refractivity contribution in [1.82, 2.24) is 0 Å². The molecule has 1 saturated carbocycles. The molecule has 1 N–H and O–H groups in total. The minimum atomic E-state index is 0.526. The van der Waals surface area contributed by atoms with Gasteiger partial charge >= 0.3 is 0 Å². The van der Waals surface area contributed by atoms with E-state index in [1.807, 2.05) is 0 Å². The smallest absolute Gasteiger partial charge is 0.0478 e. The van der Waals surface area contributed by atoms with Gasteiger partial charge in [-0.2, -0.15) is 0 Å². The molecule has 1 atom stereocenters. The van der Waals surface area contributed by atoms with Gasteiger partial charge in [-0.05, 0) is 59.4 Å². The molecule has 82 valence electrons. The lowest BCUT2D eigenvalue weighted by Gasteiger charge is -2.19. The molecular formula is C13H18IN. The molecule has 2 heteroatoms. The van der Waals surface area contributed by atoms with Gasteiger partial charge in [-0.3, -0.25) is 0 Å². The number of nitrogens with one attached hydrogen (secondary N) is 1. The average Bonchev–Trinajstić information content (AvgIpc) is 2.50. The number of halogens is 1. The summed E-state index contributed by atoms with van der Waals surface area (Å²) in [5.41, 5.74) is 1.82. The molecule has 1 nitrogen and oxygen atoms in total. The topological polar surface area (TPSA) is 12.0 Å². The van der Waals surface area contributed by atoms with E-state index < -0.39 is 0 Å². The first-order chi connectivity index (χ1) is 7.07. The van der Waals surface area contributed by atoms with Gasteiger partial charge < -0.3 is 5.32 Å². The van der Waals surface area contributed by atoms with Gasteiger partial charge in [0.2, 0.25) is 0 Å². The zero-order valence-electron chi connectivity index (χ0n) is 9.39.